The fraction of sp³-hybridized carbons (Fsp3) is 0.714. The Morgan fingerprint density at radius 1 is 1.22 bits per heavy atom. The van der Waals surface area contributed by atoms with Gasteiger partial charge < -0.3 is 5.32 Å². The monoisotopic (exact) mass is 313 g/mol. The van der Waals surface area contributed by atoms with Gasteiger partial charge in [-0.3, -0.25) is 0 Å². The fourth-order valence-corrected chi connectivity index (χ4v) is 2.11. The van der Waals surface area contributed by atoms with Crippen LogP contribution in [0.1, 0.15) is 53.1 Å². The van der Waals surface area contributed by atoms with E-state index in [2.05, 4.69) is 67.8 Å². The van der Waals surface area contributed by atoms with Gasteiger partial charge in [0, 0.05) is 12.0 Å². The zero-order chi connectivity index (χ0) is 13.9. The highest BCUT2D eigenvalue weighted by atomic mass is 79.9. The van der Waals surface area contributed by atoms with Crippen molar-refractivity contribution >= 4 is 21.7 Å². The van der Waals surface area contributed by atoms with Gasteiger partial charge in [-0.2, -0.15) is 0 Å². The molecule has 0 bridgehead atoms. The van der Waals surface area contributed by atoms with Crippen molar-refractivity contribution in [2.24, 2.45) is 5.92 Å². The lowest BCUT2D eigenvalue weighted by Gasteiger charge is -2.20. The molecule has 0 aliphatic rings. The van der Waals surface area contributed by atoms with Crippen LogP contribution in [-0.4, -0.2) is 16.5 Å². The first-order valence-electron chi connectivity index (χ1n) is 6.56. The third-order valence-corrected chi connectivity index (χ3v) is 3.37. The van der Waals surface area contributed by atoms with Crippen LogP contribution in [0, 0.1) is 5.92 Å². The zero-order valence-corrected chi connectivity index (χ0v) is 13.8. The molecular weight excluding hydrogens is 290 g/mol. The van der Waals surface area contributed by atoms with Gasteiger partial charge in [0.25, 0.3) is 0 Å². The summed E-state index contributed by atoms with van der Waals surface area (Å²) in [5, 5.41) is 3.30. The smallest absolute Gasteiger partial charge is 0.144 e. The van der Waals surface area contributed by atoms with E-state index in [1.165, 1.54) is 0 Å². The standard InChI is InChI=1S/C14H24BrN3/c1-7-16-12-11(15)10(8-9(2)3)17-13(18-12)14(4,5)6/h9H,7-8H2,1-6H3,(H,16,17,18). The van der Waals surface area contributed by atoms with E-state index in [1.54, 1.807) is 0 Å². The molecule has 18 heavy (non-hydrogen) atoms. The largest absolute Gasteiger partial charge is 0.369 e. The van der Waals surface area contributed by atoms with Gasteiger partial charge in [-0.1, -0.05) is 34.6 Å². The molecule has 102 valence electrons. The van der Waals surface area contributed by atoms with Crippen LogP contribution in [0.2, 0.25) is 0 Å². The molecule has 0 fully saturated rings. The van der Waals surface area contributed by atoms with Gasteiger partial charge in [0.1, 0.15) is 11.6 Å². The molecule has 3 nitrogen and oxygen atoms in total. The Kier molecular flexibility index (Phi) is 5.14. The molecule has 0 aliphatic heterocycles. The molecule has 0 atom stereocenters. The lowest BCUT2D eigenvalue weighted by Crippen LogP contribution is -2.19. The Morgan fingerprint density at radius 3 is 2.28 bits per heavy atom. The second-order valence-electron chi connectivity index (χ2n) is 6.03. The summed E-state index contributed by atoms with van der Waals surface area (Å²) < 4.78 is 1.01. The second kappa shape index (κ2) is 6.00. The molecule has 0 amide bonds. The van der Waals surface area contributed by atoms with Crippen molar-refractivity contribution < 1.29 is 0 Å². The molecule has 0 spiro atoms. The van der Waals surface area contributed by atoms with Crippen molar-refractivity contribution in [1.82, 2.24) is 9.97 Å². The molecule has 1 rings (SSSR count). The van der Waals surface area contributed by atoms with Crippen LogP contribution in [-0.2, 0) is 11.8 Å². The molecule has 1 aromatic heterocycles. The predicted molar refractivity (Wildman–Crippen MR) is 81.1 cm³/mol. The normalized spacial score (nSPS) is 12.0. The maximum Gasteiger partial charge on any atom is 0.144 e. The number of rotatable bonds is 4. The summed E-state index contributed by atoms with van der Waals surface area (Å²) in [4.78, 5) is 9.36. The number of anilines is 1. The SMILES string of the molecule is CCNc1nc(C(C)(C)C)nc(CC(C)C)c1Br. The van der Waals surface area contributed by atoms with E-state index < -0.39 is 0 Å². The third-order valence-electron chi connectivity index (χ3n) is 2.54. The van der Waals surface area contributed by atoms with Gasteiger partial charge in [-0.15, -0.1) is 0 Å². The number of nitrogens with zero attached hydrogens (tertiary/aromatic N) is 2. The van der Waals surface area contributed by atoms with Crippen LogP contribution in [0.15, 0.2) is 4.47 Å². The fourth-order valence-electron chi connectivity index (χ4n) is 1.64. The zero-order valence-electron chi connectivity index (χ0n) is 12.3. The van der Waals surface area contributed by atoms with Gasteiger partial charge in [0.05, 0.1) is 10.2 Å². The molecule has 0 radical (unpaired) electrons. The molecular formula is C14H24BrN3. The highest BCUT2D eigenvalue weighted by Crippen LogP contribution is 2.29. The Morgan fingerprint density at radius 2 is 1.83 bits per heavy atom. The van der Waals surface area contributed by atoms with E-state index in [-0.39, 0.29) is 5.41 Å². The molecule has 0 unspecified atom stereocenters. The highest BCUT2D eigenvalue weighted by Gasteiger charge is 2.21. The second-order valence-corrected chi connectivity index (χ2v) is 6.83. The van der Waals surface area contributed by atoms with Gasteiger partial charge in [-0.25, -0.2) is 9.97 Å². The van der Waals surface area contributed by atoms with Crippen molar-refractivity contribution in [3.63, 3.8) is 0 Å². The summed E-state index contributed by atoms with van der Waals surface area (Å²) in [6.45, 7) is 13.8. The van der Waals surface area contributed by atoms with Crippen molar-refractivity contribution in [2.45, 2.75) is 53.4 Å². The molecule has 1 N–H and O–H groups in total. The minimum absolute atomic E-state index is 0.0311. The molecule has 0 aliphatic carbocycles. The van der Waals surface area contributed by atoms with Crippen LogP contribution < -0.4 is 5.32 Å². The highest BCUT2D eigenvalue weighted by molar-refractivity contribution is 9.10. The van der Waals surface area contributed by atoms with Gasteiger partial charge in [0.2, 0.25) is 0 Å². The summed E-state index contributed by atoms with van der Waals surface area (Å²) >= 11 is 3.62. The van der Waals surface area contributed by atoms with Crippen molar-refractivity contribution in [2.75, 3.05) is 11.9 Å². The van der Waals surface area contributed by atoms with E-state index in [4.69, 9.17) is 4.98 Å². The number of hydrogen-bond acceptors (Lipinski definition) is 3. The van der Waals surface area contributed by atoms with Crippen LogP contribution in [0.4, 0.5) is 5.82 Å². The number of hydrogen-bond donors (Lipinski definition) is 1. The van der Waals surface area contributed by atoms with Gasteiger partial charge in [0.15, 0.2) is 0 Å². The van der Waals surface area contributed by atoms with Crippen LogP contribution in [0.3, 0.4) is 0 Å². The van der Waals surface area contributed by atoms with Gasteiger partial charge >= 0.3 is 0 Å². The number of halogens is 1. The van der Waals surface area contributed by atoms with Crippen molar-refractivity contribution in [3.05, 3.63) is 16.0 Å². The predicted octanol–water partition coefficient (Wildman–Crippen LogP) is 4.17. The maximum atomic E-state index is 4.73. The van der Waals surface area contributed by atoms with Gasteiger partial charge in [-0.05, 0) is 35.2 Å². The van der Waals surface area contributed by atoms with Crippen LogP contribution >= 0.6 is 15.9 Å². The Bertz CT molecular complexity index is 408. The van der Waals surface area contributed by atoms with Crippen molar-refractivity contribution in [1.29, 1.82) is 0 Å². The summed E-state index contributed by atoms with van der Waals surface area (Å²) in [5.74, 6) is 2.39. The maximum absolute atomic E-state index is 4.73. The Labute approximate surface area is 119 Å². The third kappa shape index (κ3) is 3.94. The molecule has 0 saturated heterocycles. The van der Waals surface area contributed by atoms with Crippen LogP contribution in [0.5, 0.6) is 0 Å². The minimum Gasteiger partial charge on any atom is -0.369 e. The quantitative estimate of drug-likeness (QED) is 0.906. The summed E-state index contributed by atoms with van der Waals surface area (Å²) in [7, 11) is 0. The summed E-state index contributed by atoms with van der Waals surface area (Å²) in [6.07, 6.45) is 0.963. The molecule has 1 aromatic rings. The van der Waals surface area contributed by atoms with E-state index in [0.717, 1.165) is 34.8 Å². The summed E-state index contributed by atoms with van der Waals surface area (Å²) in [5.41, 5.74) is 1.07. The number of nitrogens with one attached hydrogen (secondary N) is 1. The van der Waals surface area contributed by atoms with E-state index in [0.29, 0.717) is 5.92 Å². The molecule has 4 heteroatoms. The molecule has 0 aromatic carbocycles. The van der Waals surface area contributed by atoms with Crippen molar-refractivity contribution in [3.8, 4) is 0 Å². The summed E-state index contributed by atoms with van der Waals surface area (Å²) in [6, 6.07) is 0. The van der Waals surface area contributed by atoms with E-state index >= 15 is 0 Å². The first-order valence-corrected chi connectivity index (χ1v) is 7.35. The first-order chi connectivity index (χ1) is 8.25. The van der Waals surface area contributed by atoms with E-state index in [9.17, 15) is 0 Å². The lowest BCUT2D eigenvalue weighted by molar-refractivity contribution is 0.534. The topological polar surface area (TPSA) is 37.8 Å². The minimum atomic E-state index is -0.0311. The molecule has 0 saturated carbocycles. The van der Waals surface area contributed by atoms with Crippen LogP contribution in [0.25, 0.3) is 0 Å². The average Bonchev–Trinajstić information content (AvgIpc) is 2.21. The lowest BCUT2D eigenvalue weighted by atomic mass is 9.95. The average molecular weight is 314 g/mol. The number of aromatic nitrogens is 2. The Hall–Kier alpha value is -0.640. The van der Waals surface area contributed by atoms with E-state index in [1.807, 2.05) is 0 Å². The molecule has 1 heterocycles. The Balaban J connectivity index is 3.27. The first kappa shape index (κ1) is 15.4.